The highest BCUT2D eigenvalue weighted by Crippen LogP contribution is 2.36. The van der Waals surface area contributed by atoms with Gasteiger partial charge in [0.25, 0.3) is 5.91 Å². The van der Waals surface area contributed by atoms with Crippen LogP contribution in [-0.4, -0.2) is 18.2 Å². The van der Waals surface area contributed by atoms with Crippen LogP contribution < -0.4 is 10.2 Å². The third-order valence-electron chi connectivity index (χ3n) is 5.12. The van der Waals surface area contributed by atoms with Crippen LogP contribution in [0.15, 0.2) is 47.4 Å². The van der Waals surface area contributed by atoms with Gasteiger partial charge in [0.2, 0.25) is 5.82 Å². The molecule has 3 aromatic rings. The summed E-state index contributed by atoms with van der Waals surface area (Å²) < 4.78 is 68.0. The van der Waals surface area contributed by atoms with E-state index in [2.05, 4.69) is 4.90 Å². The first-order valence-corrected chi connectivity index (χ1v) is 10.6. The minimum atomic E-state index is -2.28. The van der Waals surface area contributed by atoms with Gasteiger partial charge in [-0.3, -0.25) is 4.79 Å². The Kier molecular flexibility index (Phi) is 6.10. The van der Waals surface area contributed by atoms with Crippen molar-refractivity contribution in [3.63, 3.8) is 0 Å². The van der Waals surface area contributed by atoms with Crippen LogP contribution in [0.5, 0.6) is 0 Å². The molecule has 1 amide bonds. The van der Waals surface area contributed by atoms with Crippen LogP contribution in [-0.2, 0) is 6.54 Å². The number of thioether (sulfide) groups is 1. The van der Waals surface area contributed by atoms with E-state index in [-0.39, 0.29) is 5.56 Å². The van der Waals surface area contributed by atoms with E-state index in [4.69, 9.17) is 0 Å². The Morgan fingerprint density at radius 2 is 1.56 bits per heavy atom. The van der Waals surface area contributed by atoms with Crippen molar-refractivity contribution in [2.45, 2.75) is 18.4 Å². The summed E-state index contributed by atoms with van der Waals surface area (Å²) in [5.41, 5.74) is 1.62. The van der Waals surface area contributed by atoms with Crippen molar-refractivity contribution in [2.75, 3.05) is 22.5 Å². The topological polar surface area (TPSA) is 32.3 Å². The Bertz CT molecular complexity index is 1170. The highest BCUT2D eigenvalue weighted by atomic mass is 32.2. The quantitative estimate of drug-likeness (QED) is 0.290. The molecular formula is C23H17F5N2OS. The number of benzene rings is 3. The Morgan fingerprint density at radius 1 is 0.938 bits per heavy atom. The minimum absolute atomic E-state index is 0.0316. The van der Waals surface area contributed by atoms with Crippen LogP contribution in [0.2, 0.25) is 0 Å². The molecule has 4 rings (SSSR count). The van der Waals surface area contributed by atoms with Gasteiger partial charge in [0, 0.05) is 29.3 Å². The number of nitrogens with zero attached hydrogens (tertiary/aromatic N) is 1. The van der Waals surface area contributed by atoms with Crippen LogP contribution in [0, 0.1) is 36.0 Å². The van der Waals surface area contributed by atoms with Gasteiger partial charge in [0.1, 0.15) is 5.69 Å². The molecule has 1 aliphatic heterocycles. The predicted octanol–water partition coefficient (Wildman–Crippen LogP) is 6.06. The van der Waals surface area contributed by atoms with E-state index in [1.165, 1.54) is 6.07 Å². The van der Waals surface area contributed by atoms with Crippen molar-refractivity contribution in [1.29, 1.82) is 0 Å². The Labute approximate surface area is 185 Å². The highest BCUT2D eigenvalue weighted by Gasteiger charge is 2.27. The van der Waals surface area contributed by atoms with E-state index >= 15 is 0 Å². The van der Waals surface area contributed by atoms with E-state index in [0.717, 1.165) is 27.5 Å². The Morgan fingerprint density at radius 3 is 2.22 bits per heavy atom. The fourth-order valence-electron chi connectivity index (χ4n) is 3.39. The molecule has 1 N–H and O–H groups in total. The van der Waals surface area contributed by atoms with E-state index in [0.29, 0.717) is 13.1 Å². The standard InChI is InChI=1S/C23H17F5N2OS/c1-12-2-4-13(5-3-12)11-30-8-9-32-16-7-6-14(10-15(16)30)23(31)29-22-20(27)18(25)17(24)19(26)21(22)28/h2-7,10H,8-9,11H2,1H3,(H,29,31). The fraction of sp³-hybridized carbons (Fsp3) is 0.174. The number of carbonyl (C=O) groups is 1. The van der Waals surface area contributed by atoms with Gasteiger partial charge in [-0.05, 0) is 30.7 Å². The zero-order chi connectivity index (χ0) is 23.0. The molecule has 0 radical (unpaired) electrons. The number of hydrogen-bond acceptors (Lipinski definition) is 3. The Hall–Kier alpha value is -3.07. The lowest BCUT2D eigenvalue weighted by Gasteiger charge is -2.31. The summed E-state index contributed by atoms with van der Waals surface area (Å²) in [5.74, 6) is -10.9. The second-order valence-corrected chi connectivity index (χ2v) is 8.47. The van der Waals surface area contributed by atoms with E-state index in [1.807, 2.05) is 36.5 Å². The first kappa shape index (κ1) is 22.1. The maximum Gasteiger partial charge on any atom is 0.255 e. The first-order chi connectivity index (χ1) is 15.3. The second kappa shape index (κ2) is 8.82. The third-order valence-corrected chi connectivity index (χ3v) is 6.17. The van der Waals surface area contributed by atoms with Crippen LogP contribution in [0.1, 0.15) is 21.5 Å². The van der Waals surface area contributed by atoms with Gasteiger partial charge in [-0.25, -0.2) is 22.0 Å². The number of rotatable bonds is 4. The molecule has 3 nitrogen and oxygen atoms in total. The smallest absolute Gasteiger partial charge is 0.255 e. The number of fused-ring (bicyclic) bond motifs is 1. The molecule has 0 aromatic heterocycles. The number of halogens is 5. The number of nitrogens with one attached hydrogen (secondary N) is 1. The maximum atomic E-state index is 13.9. The number of hydrogen-bond donors (Lipinski definition) is 1. The molecule has 0 aliphatic carbocycles. The van der Waals surface area contributed by atoms with Crippen LogP contribution in [0.3, 0.4) is 0 Å². The van der Waals surface area contributed by atoms with E-state index in [9.17, 15) is 26.7 Å². The van der Waals surface area contributed by atoms with Crippen LogP contribution in [0.4, 0.5) is 33.3 Å². The summed E-state index contributed by atoms with van der Waals surface area (Å²) >= 11 is 1.61. The lowest BCUT2D eigenvalue weighted by molar-refractivity contribution is 0.102. The van der Waals surface area contributed by atoms with E-state index in [1.54, 1.807) is 23.9 Å². The molecule has 0 fully saturated rings. The first-order valence-electron chi connectivity index (χ1n) is 9.66. The zero-order valence-electron chi connectivity index (χ0n) is 16.8. The maximum absolute atomic E-state index is 13.9. The molecule has 0 atom stereocenters. The third kappa shape index (κ3) is 4.17. The van der Waals surface area contributed by atoms with Crippen molar-refractivity contribution in [3.05, 3.63) is 88.2 Å². The van der Waals surface area contributed by atoms with Gasteiger partial charge in [-0.15, -0.1) is 11.8 Å². The lowest BCUT2D eigenvalue weighted by atomic mass is 10.1. The number of amides is 1. The molecule has 0 bridgehead atoms. The largest absolute Gasteiger partial charge is 0.365 e. The number of aryl methyl sites for hydroxylation is 1. The van der Waals surface area contributed by atoms with E-state index < -0.39 is 40.7 Å². The zero-order valence-corrected chi connectivity index (χ0v) is 17.6. The molecule has 166 valence electrons. The monoisotopic (exact) mass is 464 g/mol. The van der Waals surface area contributed by atoms with Crippen molar-refractivity contribution in [1.82, 2.24) is 0 Å². The van der Waals surface area contributed by atoms with Gasteiger partial charge in [0.05, 0.1) is 5.69 Å². The molecule has 0 saturated heterocycles. The summed E-state index contributed by atoms with van der Waals surface area (Å²) in [7, 11) is 0. The molecule has 0 saturated carbocycles. The summed E-state index contributed by atoms with van der Waals surface area (Å²) in [6.45, 7) is 3.30. The van der Waals surface area contributed by atoms with Crippen molar-refractivity contribution in [3.8, 4) is 0 Å². The highest BCUT2D eigenvalue weighted by molar-refractivity contribution is 7.99. The summed E-state index contributed by atoms with van der Waals surface area (Å²) in [6.07, 6.45) is 0. The van der Waals surface area contributed by atoms with Crippen molar-refractivity contribution in [2.24, 2.45) is 0 Å². The van der Waals surface area contributed by atoms with Gasteiger partial charge in [-0.1, -0.05) is 29.8 Å². The molecular weight excluding hydrogens is 447 g/mol. The summed E-state index contributed by atoms with van der Waals surface area (Å²) in [4.78, 5) is 15.6. The van der Waals surface area contributed by atoms with Crippen molar-refractivity contribution < 1.29 is 26.7 Å². The van der Waals surface area contributed by atoms with Gasteiger partial charge < -0.3 is 10.2 Å². The molecule has 32 heavy (non-hydrogen) atoms. The van der Waals surface area contributed by atoms with Gasteiger partial charge in [-0.2, -0.15) is 0 Å². The summed E-state index contributed by atoms with van der Waals surface area (Å²) in [5, 5.41) is 1.82. The molecule has 1 heterocycles. The minimum Gasteiger partial charge on any atom is -0.365 e. The SMILES string of the molecule is Cc1ccc(CN2CCSc3ccc(C(=O)Nc4c(F)c(F)c(F)c(F)c4F)cc32)cc1. The number of carbonyl (C=O) groups excluding carboxylic acids is 1. The molecule has 9 heteroatoms. The normalized spacial score (nSPS) is 13.1. The number of anilines is 2. The predicted molar refractivity (Wildman–Crippen MR) is 114 cm³/mol. The average molecular weight is 464 g/mol. The fourth-order valence-corrected chi connectivity index (χ4v) is 4.42. The molecule has 0 spiro atoms. The average Bonchev–Trinajstić information content (AvgIpc) is 2.80. The van der Waals surface area contributed by atoms with Crippen molar-refractivity contribution >= 4 is 29.0 Å². The second-order valence-electron chi connectivity index (χ2n) is 7.34. The molecule has 0 unspecified atom stereocenters. The lowest BCUT2D eigenvalue weighted by Crippen LogP contribution is -2.29. The van der Waals surface area contributed by atoms with Gasteiger partial charge in [0.15, 0.2) is 23.3 Å². The van der Waals surface area contributed by atoms with Crippen LogP contribution >= 0.6 is 11.8 Å². The van der Waals surface area contributed by atoms with Gasteiger partial charge >= 0.3 is 0 Å². The van der Waals surface area contributed by atoms with Crippen LogP contribution in [0.25, 0.3) is 0 Å². The Balaban J connectivity index is 1.62. The summed E-state index contributed by atoms with van der Waals surface area (Å²) in [6, 6.07) is 12.7. The molecule has 3 aromatic carbocycles. The molecule has 1 aliphatic rings.